The molecule has 0 aliphatic heterocycles. The van der Waals surface area contributed by atoms with Gasteiger partial charge in [-0.25, -0.2) is 4.98 Å². The smallest absolute Gasteiger partial charge is 0.163 e. The van der Waals surface area contributed by atoms with E-state index in [2.05, 4.69) is 27.5 Å². The lowest BCUT2D eigenvalue weighted by molar-refractivity contribution is 0.749. The Labute approximate surface area is 76.6 Å². The van der Waals surface area contributed by atoms with Gasteiger partial charge in [-0.05, 0) is 18.6 Å². The van der Waals surface area contributed by atoms with Crippen LogP contribution in [0.1, 0.15) is 12.2 Å². The summed E-state index contributed by atoms with van der Waals surface area (Å²) < 4.78 is 0. The van der Waals surface area contributed by atoms with Gasteiger partial charge in [0.05, 0.1) is 0 Å². The number of thiocarbonyl (C=S) groups is 1. The van der Waals surface area contributed by atoms with E-state index >= 15 is 0 Å². The summed E-state index contributed by atoms with van der Waals surface area (Å²) in [5.41, 5.74) is 5.25. The van der Waals surface area contributed by atoms with Crippen LogP contribution in [0.2, 0.25) is 0 Å². The number of imidazole rings is 1. The number of nitrogens with two attached hydrogens (primary N) is 1. The summed E-state index contributed by atoms with van der Waals surface area (Å²) in [7, 11) is 0. The Hall–Kier alpha value is -1.10. The Bertz CT molecular complexity index is 232. The van der Waals surface area contributed by atoms with E-state index in [1.807, 2.05) is 6.20 Å². The lowest BCUT2D eigenvalue weighted by atomic mass is 10.3. The minimum absolute atomic E-state index is 0.356. The Kier molecular flexibility index (Phi) is 3.53. The van der Waals surface area contributed by atoms with E-state index in [-0.39, 0.29) is 0 Å². The van der Waals surface area contributed by atoms with Gasteiger partial charge < -0.3 is 16.0 Å². The van der Waals surface area contributed by atoms with E-state index in [1.54, 1.807) is 6.20 Å². The van der Waals surface area contributed by atoms with Gasteiger partial charge in [0.1, 0.15) is 5.82 Å². The molecular formula is C7H12N4S. The van der Waals surface area contributed by atoms with Crippen molar-refractivity contribution < 1.29 is 0 Å². The monoisotopic (exact) mass is 184 g/mol. The molecule has 12 heavy (non-hydrogen) atoms. The van der Waals surface area contributed by atoms with Crippen LogP contribution in [0.3, 0.4) is 0 Å². The van der Waals surface area contributed by atoms with Gasteiger partial charge in [-0.15, -0.1) is 0 Å². The largest absolute Gasteiger partial charge is 0.376 e. The number of nitrogens with zero attached hydrogens (tertiary/aromatic N) is 1. The van der Waals surface area contributed by atoms with E-state index < -0.39 is 0 Å². The van der Waals surface area contributed by atoms with Crippen molar-refractivity contribution in [2.45, 2.75) is 12.8 Å². The molecule has 4 N–H and O–H groups in total. The highest BCUT2D eigenvalue weighted by Crippen LogP contribution is 1.92. The van der Waals surface area contributed by atoms with Crippen LogP contribution in [0, 0.1) is 0 Å². The first-order chi connectivity index (χ1) is 5.79. The molecule has 1 aromatic heterocycles. The number of aromatic nitrogens is 2. The van der Waals surface area contributed by atoms with Gasteiger partial charge in [0.25, 0.3) is 0 Å². The first-order valence-corrected chi connectivity index (χ1v) is 4.21. The molecule has 4 nitrogen and oxygen atoms in total. The van der Waals surface area contributed by atoms with Gasteiger partial charge in [-0.1, -0.05) is 0 Å². The molecule has 0 spiro atoms. The zero-order valence-electron chi connectivity index (χ0n) is 6.71. The molecule has 0 unspecified atom stereocenters. The van der Waals surface area contributed by atoms with E-state index in [9.17, 15) is 0 Å². The van der Waals surface area contributed by atoms with Gasteiger partial charge in [-0.2, -0.15) is 0 Å². The van der Waals surface area contributed by atoms with E-state index in [0.717, 1.165) is 25.2 Å². The zero-order chi connectivity index (χ0) is 8.81. The molecule has 0 radical (unpaired) electrons. The first-order valence-electron chi connectivity index (χ1n) is 3.80. The quantitative estimate of drug-likeness (QED) is 0.461. The summed E-state index contributed by atoms with van der Waals surface area (Å²) in [5, 5.41) is 3.23. The predicted octanol–water partition coefficient (Wildman–Crippen LogP) is 0.175. The van der Waals surface area contributed by atoms with Crippen molar-refractivity contribution in [1.29, 1.82) is 0 Å². The number of hydrogen-bond donors (Lipinski definition) is 3. The highest BCUT2D eigenvalue weighted by Gasteiger charge is 1.93. The molecule has 0 amide bonds. The molecule has 0 aliphatic rings. The SMILES string of the molecule is NC(=S)NCCCc1ncc[nH]1. The van der Waals surface area contributed by atoms with Crippen LogP contribution >= 0.6 is 12.2 Å². The van der Waals surface area contributed by atoms with Crippen molar-refractivity contribution in [2.75, 3.05) is 6.54 Å². The first kappa shape index (κ1) is 8.99. The zero-order valence-corrected chi connectivity index (χ0v) is 7.53. The Morgan fingerprint density at radius 2 is 2.58 bits per heavy atom. The summed E-state index contributed by atoms with van der Waals surface area (Å²) in [6, 6.07) is 0. The van der Waals surface area contributed by atoms with Crippen LogP contribution in [-0.2, 0) is 6.42 Å². The van der Waals surface area contributed by atoms with Gasteiger partial charge >= 0.3 is 0 Å². The minimum Gasteiger partial charge on any atom is -0.376 e. The third-order valence-corrected chi connectivity index (χ3v) is 1.59. The maximum Gasteiger partial charge on any atom is 0.163 e. The maximum atomic E-state index is 5.25. The second-order valence-electron chi connectivity index (χ2n) is 2.43. The average molecular weight is 184 g/mol. The highest BCUT2D eigenvalue weighted by molar-refractivity contribution is 7.80. The van der Waals surface area contributed by atoms with Crippen LogP contribution in [0.25, 0.3) is 0 Å². The van der Waals surface area contributed by atoms with Gasteiger partial charge in [0.2, 0.25) is 0 Å². The molecule has 1 aromatic rings. The molecule has 0 fully saturated rings. The average Bonchev–Trinajstić information content (AvgIpc) is 2.49. The summed E-state index contributed by atoms with van der Waals surface area (Å²) in [6.07, 6.45) is 5.46. The van der Waals surface area contributed by atoms with Crippen LogP contribution in [0.15, 0.2) is 12.4 Å². The van der Waals surface area contributed by atoms with Crippen molar-refractivity contribution in [3.63, 3.8) is 0 Å². The number of hydrogen-bond acceptors (Lipinski definition) is 2. The van der Waals surface area contributed by atoms with Gasteiger partial charge in [0.15, 0.2) is 5.11 Å². The Balaban J connectivity index is 2.07. The molecule has 1 rings (SSSR count). The molecule has 0 saturated carbocycles. The second kappa shape index (κ2) is 4.71. The van der Waals surface area contributed by atoms with Crippen LogP contribution < -0.4 is 11.1 Å². The third-order valence-electron chi connectivity index (χ3n) is 1.44. The molecule has 0 saturated heterocycles. The molecule has 0 atom stereocenters. The van der Waals surface area contributed by atoms with Crippen LogP contribution in [-0.4, -0.2) is 21.6 Å². The lowest BCUT2D eigenvalue weighted by Crippen LogP contribution is -2.29. The minimum atomic E-state index is 0.356. The fourth-order valence-electron chi connectivity index (χ4n) is 0.902. The maximum absolute atomic E-state index is 5.25. The van der Waals surface area contributed by atoms with Crippen molar-refractivity contribution in [3.05, 3.63) is 18.2 Å². The van der Waals surface area contributed by atoms with E-state index in [4.69, 9.17) is 5.73 Å². The molecule has 0 bridgehead atoms. The molecule has 0 aliphatic carbocycles. The summed E-state index contributed by atoms with van der Waals surface area (Å²) in [5.74, 6) is 1.000. The molecule has 1 heterocycles. The van der Waals surface area contributed by atoms with Crippen molar-refractivity contribution in [1.82, 2.24) is 15.3 Å². The molecule has 66 valence electrons. The number of aromatic amines is 1. The topological polar surface area (TPSA) is 66.7 Å². The van der Waals surface area contributed by atoms with Gasteiger partial charge in [0, 0.05) is 25.4 Å². The normalized spacial score (nSPS) is 9.67. The summed E-state index contributed by atoms with van der Waals surface area (Å²) in [6.45, 7) is 0.802. The van der Waals surface area contributed by atoms with E-state index in [1.165, 1.54) is 0 Å². The standard InChI is InChI=1S/C7H12N4S/c8-7(12)11-3-1-2-6-9-4-5-10-6/h4-5H,1-3H2,(H,9,10)(H3,8,11,12). The van der Waals surface area contributed by atoms with Crippen molar-refractivity contribution in [3.8, 4) is 0 Å². The van der Waals surface area contributed by atoms with Crippen molar-refractivity contribution in [2.24, 2.45) is 5.73 Å². The predicted molar refractivity (Wildman–Crippen MR) is 51.7 cm³/mol. The number of H-pyrrole nitrogens is 1. The number of nitrogens with one attached hydrogen (secondary N) is 2. The molecular weight excluding hydrogens is 172 g/mol. The van der Waals surface area contributed by atoms with E-state index in [0.29, 0.717) is 5.11 Å². The highest BCUT2D eigenvalue weighted by atomic mass is 32.1. The van der Waals surface area contributed by atoms with Crippen LogP contribution in [0.4, 0.5) is 0 Å². The fourth-order valence-corrected chi connectivity index (χ4v) is 1.00. The summed E-state index contributed by atoms with van der Waals surface area (Å²) in [4.78, 5) is 7.11. The third kappa shape index (κ3) is 3.34. The molecule has 5 heteroatoms. The van der Waals surface area contributed by atoms with Crippen LogP contribution in [0.5, 0.6) is 0 Å². The Morgan fingerprint density at radius 3 is 3.17 bits per heavy atom. The Morgan fingerprint density at radius 1 is 1.75 bits per heavy atom. The summed E-state index contributed by atoms with van der Waals surface area (Å²) >= 11 is 4.65. The number of rotatable bonds is 4. The molecule has 0 aromatic carbocycles. The number of aryl methyl sites for hydroxylation is 1. The van der Waals surface area contributed by atoms with Crippen molar-refractivity contribution >= 4 is 17.3 Å². The second-order valence-corrected chi connectivity index (χ2v) is 2.87. The van der Waals surface area contributed by atoms with Gasteiger partial charge in [-0.3, -0.25) is 0 Å². The lowest BCUT2D eigenvalue weighted by Gasteiger charge is -2.01. The fraction of sp³-hybridized carbons (Fsp3) is 0.429.